The van der Waals surface area contributed by atoms with Crippen molar-refractivity contribution in [1.29, 1.82) is 0 Å². The van der Waals surface area contributed by atoms with Gasteiger partial charge in [-0.3, -0.25) is 0 Å². The Morgan fingerprint density at radius 2 is 2.00 bits per heavy atom. The number of halogens is 1. The summed E-state index contributed by atoms with van der Waals surface area (Å²) in [6, 6.07) is 2.45. The van der Waals surface area contributed by atoms with Gasteiger partial charge in [0.2, 0.25) is 10.0 Å². The van der Waals surface area contributed by atoms with Crippen LogP contribution in [-0.2, 0) is 10.0 Å². The van der Waals surface area contributed by atoms with E-state index < -0.39 is 15.8 Å². The second kappa shape index (κ2) is 4.94. The molecule has 0 radical (unpaired) electrons. The zero-order valence-corrected chi connectivity index (χ0v) is 11.8. The first-order valence-corrected chi connectivity index (χ1v) is 7.48. The lowest BCUT2D eigenvalue weighted by Crippen LogP contribution is -2.35. The van der Waals surface area contributed by atoms with Crippen LogP contribution in [0.4, 0.5) is 10.1 Å². The summed E-state index contributed by atoms with van der Waals surface area (Å²) < 4.78 is 40.0. The van der Waals surface area contributed by atoms with Gasteiger partial charge in [0, 0.05) is 24.3 Å². The van der Waals surface area contributed by atoms with Crippen LogP contribution in [0.15, 0.2) is 28.7 Å². The SMILES string of the molecule is CC1=CCN(S(=O)(=O)c2cc(N)cc(F)c2C)CC1. The van der Waals surface area contributed by atoms with Crippen molar-refractivity contribution < 1.29 is 12.8 Å². The van der Waals surface area contributed by atoms with Gasteiger partial charge in [0.05, 0.1) is 4.90 Å². The van der Waals surface area contributed by atoms with Crippen LogP contribution in [0.25, 0.3) is 0 Å². The Bertz CT molecular complexity index is 638. The quantitative estimate of drug-likeness (QED) is 0.668. The average molecular weight is 284 g/mol. The number of nitrogen functional groups attached to an aromatic ring is 1. The highest BCUT2D eigenvalue weighted by Gasteiger charge is 2.28. The first-order valence-electron chi connectivity index (χ1n) is 6.04. The van der Waals surface area contributed by atoms with E-state index in [0.717, 1.165) is 6.07 Å². The van der Waals surface area contributed by atoms with Gasteiger partial charge in [-0.2, -0.15) is 4.31 Å². The standard InChI is InChI=1S/C13H17FN2O2S/c1-9-3-5-16(6-4-9)19(17,18)13-8-11(15)7-12(14)10(13)2/h3,7-8H,4-6,15H2,1-2H3. The number of benzene rings is 1. The van der Waals surface area contributed by atoms with E-state index in [1.165, 1.54) is 22.9 Å². The normalized spacial score (nSPS) is 17.3. The second-order valence-electron chi connectivity index (χ2n) is 4.79. The molecule has 19 heavy (non-hydrogen) atoms. The van der Waals surface area contributed by atoms with E-state index in [1.54, 1.807) is 0 Å². The molecule has 0 atom stereocenters. The molecule has 1 aliphatic heterocycles. The van der Waals surface area contributed by atoms with Gasteiger partial charge < -0.3 is 5.73 Å². The minimum absolute atomic E-state index is 0.0436. The third kappa shape index (κ3) is 2.64. The first-order chi connectivity index (χ1) is 8.82. The molecular weight excluding hydrogens is 267 g/mol. The number of rotatable bonds is 2. The number of hydrogen-bond donors (Lipinski definition) is 1. The van der Waals surface area contributed by atoms with Crippen LogP contribution < -0.4 is 5.73 Å². The zero-order valence-electron chi connectivity index (χ0n) is 11.0. The molecule has 2 rings (SSSR count). The molecule has 0 bridgehead atoms. The Morgan fingerprint density at radius 3 is 2.58 bits per heavy atom. The van der Waals surface area contributed by atoms with Crippen LogP contribution in [0.3, 0.4) is 0 Å². The van der Waals surface area contributed by atoms with Gasteiger partial charge in [-0.1, -0.05) is 11.6 Å². The number of sulfonamides is 1. The Morgan fingerprint density at radius 1 is 1.32 bits per heavy atom. The molecule has 0 fully saturated rings. The highest BCUT2D eigenvalue weighted by Crippen LogP contribution is 2.26. The molecule has 6 heteroatoms. The smallest absolute Gasteiger partial charge is 0.243 e. The van der Waals surface area contributed by atoms with Gasteiger partial charge in [0.25, 0.3) is 0 Å². The van der Waals surface area contributed by atoms with E-state index in [4.69, 9.17) is 5.73 Å². The maximum absolute atomic E-state index is 13.6. The zero-order chi connectivity index (χ0) is 14.2. The van der Waals surface area contributed by atoms with E-state index >= 15 is 0 Å². The van der Waals surface area contributed by atoms with E-state index in [0.29, 0.717) is 19.5 Å². The molecular formula is C13H17FN2O2S. The molecule has 104 valence electrons. The lowest BCUT2D eigenvalue weighted by molar-refractivity contribution is 0.430. The summed E-state index contributed by atoms with van der Waals surface area (Å²) in [6.45, 7) is 4.16. The van der Waals surface area contributed by atoms with Crippen LogP contribution in [-0.4, -0.2) is 25.8 Å². The molecule has 2 N–H and O–H groups in total. The monoisotopic (exact) mass is 284 g/mol. The topological polar surface area (TPSA) is 63.4 Å². The molecule has 0 amide bonds. The maximum atomic E-state index is 13.6. The highest BCUT2D eigenvalue weighted by molar-refractivity contribution is 7.89. The Hall–Kier alpha value is -1.40. The molecule has 0 saturated heterocycles. The van der Waals surface area contributed by atoms with Crippen molar-refractivity contribution in [3.8, 4) is 0 Å². The minimum Gasteiger partial charge on any atom is -0.399 e. The van der Waals surface area contributed by atoms with Crippen LogP contribution >= 0.6 is 0 Å². The van der Waals surface area contributed by atoms with E-state index in [9.17, 15) is 12.8 Å². The van der Waals surface area contributed by atoms with Crippen molar-refractivity contribution in [2.24, 2.45) is 0 Å². The van der Waals surface area contributed by atoms with E-state index in [2.05, 4.69) is 0 Å². The lowest BCUT2D eigenvalue weighted by Gasteiger charge is -2.25. The molecule has 1 heterocycles. The fourth-order valence-corrected chi connectivity index (χ4v) is 3.70. The third-order valence-electron chi connectivity index (χ3n) is 3.34. The molecule has 1 aromatic rings. The predicted octanol–water partition coefficient (Wildman–Crippen LogP) is 2.06. The van der Waals surface area contributed by atoms with Crippen LogP contribution in [0.2, 0.25) is 0 Å². The van der Waals surface area contributed by atoms with Gasteiger partial charge in [0.1, 0.15) is 5.82 Å². The van der Waals surface area contributed by atoms with Crippen molar-refractivity contribution in [2.75, 3.05) is 18.8 Å². The third-order valence-corrected chi connectivity index (χ3v) is 5.33. The van der Waals surface area contributed by atoms with Gasteiger partial charge >= 0.3 is 0 Å². The van der Waals surface area contributed by atoms with Crippen molar-refractivity contribution >= 4 is 15.7 Å². The minimum atomic E-state index is -3.69. The highest BCUT2D eigenvalue weighted by atomic mass is 32.2. The molecule has 0 unspecified atom stereocenters. The Kier molecular flexibility index (Phi) is 3.64. The van der Waals surface area contributed by atoms with Crippen LogP contribution in [0, 0.1) is 12.7 Å². The molecule has 0 spiro atoms. The van der Waals surface area contributed by atoms with Gasteiger partial charge in [-0.15, -0.1) is 0 Å². The molecule has 1 aromatic carbocycles. The van der Waals surface area contributed by atoms with Gasteiger partial charge in [0.15, 0.2) is 0 Å². The summed E-state index contributed by atoms with van der Waals surface area (Å²) in [4.78, 5) is -0.0436. The molecule has 0 aliphatic carbocycles. The Labute approximate surface area is 112 Å². The van der Waals surface area contributed by atoms with Gasteiger partial charge in [-0.05, 0) is 32.4 Å². The lowest BCUT2D eigenvalue weighted by atomic mass is 10.1. The summed E-state index contributed by atoms with van der Waals surface area (Å²) in [5.74, 6) is -0.595. The number of anilines is 1. The fraction of sp³-hybridized carbons (Fsp3) is 0.385. The fourth-order valence-electron chi connectivity index (χ4n) is 2.05. The van der Waals surface area contributed by atoms with Crippen molar-refractivity contribution in [3.63, 3.8) is 0 Å². The van der Waals surface area contributed by atoms with Crippen molar-refractivity contribution in [1.82, 2.24) is 4.31 Å². The summed E-state index contributed by atoms with van der Waals surface area (Å²) in [5.41, 5.74) is 6.94. The van der Waals surface area contributed by atoms with Crippen LogP contribution in [0.1, 0.15) is 18.9 Å². The second-order valence-corrected chi connectivity index (χ2v) is 6.70. The van der Waals surface area contributed by atoms with Gasteiger partial charge in [-0.25, -0.2) is 12.8 Å². The van der Waals surface area contributed by atoms with Crippen molar-refractivity contribution in [3.05, 3.63) is 35.2 Å². The summed E-state index contributed by atoms with van der Waals surface area (Å²) in [7, 11) is -3.69. The number of nitrogens with two attached hydrogens (primary N) is 1. The summed E-state index contributed by atoms with van der Waals surface area (Å²) >= 11 is 0. The number of nitrogens with zero attached hydrogens (tertiary/aromatic N) is 1. The average Bonchev–Trinajstić information content (AvgIpc) is 2.34. The molecule has 0 saturated carbocycles. The predicted molar refractivity (Wildman–Crippen MR) is 72.7 cm³/mol. The summed E-state index contributed by atoms with van der Waals surface area (Å²) in [5, 5.41) is 0. The molecule has 0 aromatic heterocycles. The molecule has 4 nitrogen and oxygen atoms in total. The number of hydrogen-bond acceptors (Lipinski definition) is 3. The largest absolute Gasteiger partial charge is 0.399 e. The Balaban J connectivity index is 2.46. The van der Waals surface area contributed by atoms with Crippen LogP contribution in [0.5, 0.6) is 0 Å². The summed E-state index contributed by atoms with van der Waals surface area (Å²) in [6.07, 6.45) is 2.57. The first kappa shape index (κ1) is 14.0. The van der Waals surface area contributed by atoms with E-state index in [1.807, 2.05) is 13.0 Å². The van der Waals surface area contributed by atoms with Crippen molar-refractivity contribution in [2.45, 2.75) is 25.2 Å². The molecule has 1 aliphatic rings. The van der Waals surface area contributed by atoms with E-state index in [-0.39, 0.29) is 16.1 Å². The maximum Gasteiger partial charge on any atom is 0.243 e.